The van der Waals surface area contributed by atoms with E-state index in [2.05, 4.69) is 31.8 Å². The molecule has 1 aromatic carbocycles. The third kappa shape index (κ3) is 4.81. The predicted molar refractivity (Wildman–Crippen MR) is 93.7 cm³/mol. The highest BCUT2D eigenvalue weighted by molar-refractivity contribution is 6.30. The van der Waals surface area contributed by atoms with E-state index < -0.39 is 0 Å². The van der Waals surface area contributed by atoms with Gasteiger partial charge in [-0.1, -0.05) is 35.5 Å². The molecule has 1 aliphatic heterocycles. The molecule has 0 bridgehead atoms. The van der Waals surface area contributed by atoms with Gasteiger partial charge in [-0.15, -0.1) is 0 Å². The molecule has 0 N–H and O–H groups in total. The van der Waals surface area contributed by atoms with E-state index in [4.69, 9.17) is 16.1 Å². The van der Waals surface area contributed by atoms with Gasteiger partial charge in [-0.2, -0.15) is 4.98 Å². The molecular formula is C18H21ClN4O. The fourth-order valence-electron chi connectivity index (χ4n) is 2.59. The molecule has 1 aliphatic rings. The monoisotopic (exact) mass is 344 g/mol. The minimum absolute atomic E-state index is 0.709. The predicted octanol–water partition coefficient (Wildman–Crippen LogP) is 2.45. The Kier molecular flexibility index (Phi) is 5.86. The van der Waals surface area contributed by atoms with Gasteiger partial charge >= 0.3 is 0 Å². The Morgan fingerprint density at radius 3 is 2.50 bits per heavy atom. The van der Waals surface area contributed by atoms with Crippen LogP contribution in [0, 0.1) is 11.8 Å². The van der Waals surface area contributed by atoms with Crippen LogP contribution >= 0.6 is 11.6 Å². The molecule has 0 saturated carbocycles. The lowest BCUT2D eigenvalue weighted by Crippen LogP contribution is -2.46. The lowest BCUT2D eigenvalue weighted by atomic mass is 10.2. The molecule has 0 radical (unpaired) electrons. The summed E-state index contributed by atoms with van der Waals surface area (Å²) in [4.78, 5) is 9.09. The highest BCUT2D eigenvalue weighted by atomic mass is 35.5. The average molecular weight is 345 g/mol. The molecule has 2 heterocycles. The van der Waals surface area contributed by atoms with E-state index in [1.165, 1.54) is 0 Å². The van der Waals surface area contributed by atoms with Crippen molar-refractivity contribution in [1.29, 1.82) is 0 Å². The third-order valence-corrected chi connectivity index (χ3v) is 4.27. The number of rotatable bonds is 4. The Morgan fingerprint density at radius 2 is 1.83 bits per heavy atom. The molecule has 126 valence electrons. The van der Waals surface area contributed by atoms with Gasteiger partial charge < -0.3 is 4.52 Å². The molecule has 1 saturated heterocycles. The first kappa shape index (κ1) is 17.0. The summed E-state index contributed by atoms with van der Waals surface area (Å²) in [5.74, 6) is 7.91. The summed E-state index contributed by atoms with van der Waals surface area (Å²) < 4.78 is 5.15. The molecule has 24 heavy (non-hydrogen) atoms. The van der Waals surface area contributed by atoms with Gasteiger partial charge in [0.25, 0.3) is 0 Å². The third-order valence-electron chi connectivity index (χ3n) is 4.02. The maximum atomic E-state index is 5.87. The van der Waals surface area contributed by atoms with E-state index in [1.807, 2.05) is 31.2 Å². The van der Waals surface area contributed by atoms with E-state index >= 15 is 0 Å². The van der Waals surface area contributed by atoms with Gasteiger partial charge in [0.1, 0.15) is 0 Å². The lowest BCUT2D eigenvalue weighted by molar-refractivity contribution is 0.135. The van der Waals surface area contributed by atoms with Crippen molar-refractivity contribution in [2.24, 2.45) is 0 Å². The number of benzene rings is 1. The molecule has 6 heteroatoms. The first-order chi connectivity index (χ1) is 11.7. The highest BCUT2D eigenvalue weighted by Crippen LogP contribution is 2.09. The molecule has 0 aliphatic carbocycles. The minimum atomic E-state index is 0.709. The molecule has 0 unspecified atom stereocenters. The van der Waals surface area contributed by atoms with E-state index in [0.717, 1.165) is 62.1 Å². The quantitative estimate of drug-likeness (QED) is 0.797. The number of aromatic nitrogens is 2. The first-order valence-electron chi connectivity index (χ1n) is 8.23. The van der Waals surface area contributed by atoms with Gasteiger partial charge in [-0.25, -0.2) is 0 Å². The Labute approximate surface area is 147 Å². The Balaban J connectivity index is 1.43. The number of hydrogen-bond acceptors (Lipinski definition) is 5. The van der Waals surface area contributed by atoms with E-state index in [-0.39, 0.29) is 0 Å². The minimum Gasteiger partial charge on any atom is -0.339 e. The molecule has 0 amide bonds. The second-order valence-electron chi connectivity index (χ2n) is 5.82. The van der Waals surface area contributed by atoms with Crippen LogP contribution in [0.2, 0.25) is 5.02 Å². The van der Waals surface area contributed by atoms with Crippen molar-refractivity contribution >= 4 is 11.6 Å². The van der Waals surface area contributed by atoms with Gasteiger partial charge in [0.05, 0.1) is 13.1 Å². The van der Waals surface area contributed by atoms with Crippen LogP contribution in [0.3, 0.4) is 0 Å². The molecule has 5 nitrogen and oxygen atoms in total. The summed E-state index contributed by atoms with van der Waals surface area (Å²) in [5.41, 5.74) is 1.00. The number of halogens is 1. The zero-order chi connectivity index (χ0) is 16.8. The van der Waals surface area contributed by atoms with Crippen molar-refractivity contribution in [3.63, 3.8) is 0 Å². The number of nitrogens with zero attached hydrogens (tertiary/aromatic N) is 4. The van der Waals surface area contributed by atoms with Crippen LogP contribution in [-0.2, 0) is 13.0 Å². The number of aryl methyl sites for hydroxylation is 1. The summed E-state index contributed by atoms with van der Waals surface area (Å²) in [5, 5.41) is 4.76. The van der Waals surface area contributed by atoms with Crippen molar-refractivity contribution in [3.05, 3.63) is 46.6 Å². The van der Waals surface area contributed by atoms with Crippen LogP contribution in [0.4, 0.5) is 0 Å². The van der Waals surface area contributed by atoms with Crippen molar-refractivity contribution < 1.29 is 4.52 Å². The van der Waals surface area contributed by atoms with Crippen LogP contribution in [0.1, 0.15) is 24.2 Å². The van der Waals surface area contributed by atoms with Crippen molar-refractivity contribution in [2.45, 2.75) is 19.9 Å². The Bertz CT molecular complexity index is 709. The van der Waals surface area contributed by atoms with Gasteiger partial charge in [0.15, 0.2) is 5.82 Å². The highest BCUT2D eigenvalue weighted by Gasteiger charge is 2.18. The van der Waals surface area contributed by atoms with E-state index in [9.17, 15) is 0 Å². The SMILES string of the molecule is CCc1nc(CN2CCN(CC#Cc3ccc(Cl)cc3)CC2)no1. The maximum absolute atomic E-state index is 5.87. The molecule has 0 atom stereocenters. The summed E-state index contributed by atoms with van der Waals surface area (Å²) in [6.07, 6.45) is 0.785. The van der Waals surface area contributed by atoms with E-state index in [0.29, 0.717) is 5.89 Å². The van der Waals surface area contributed by atoms with Crippen molar-refractivity contribution in [1.82, 2.24) is 19.9 Å². The largest absolute Gasteiger partial charge is 0.339 e. The fourth-order valence-corrected chi connectivity index (χ4v) is 2.72. The molecule has 3 rings (SSSR count). The Hall–Kier alpha value is -1.87. The van der Waals surface area contributed by atoms with Gasteiger partial charge in [-0.05, 0) is 24.3 Å². The zero-order valence-electron chi connectivity index (χ0n) is 13.8. The summed E-state index contributed by atoms with van der Waals surface area (Å²) >= 11 is 5.87. The van der Waals surface area contributed by atoms with Crippen LogP contribution in [-0.4, -0.2) is 52.7 Å². The lowest BCUT2D eigenvalue weighted by Gasteiger charge is -2.32. The second kappa shape index (κ2) is 8.29. The second-order valence-corrected chi connectivity index (χ2v) is 6.26. The van der Waals surface area contributed by atoms with E-state index in [1.54, 1.807) is 0 Å². The van der Waals surface area contributed by atoms with Crippen LogP contribution in [0.25, 0.3) is 0 Å². The van der Waals surface area contributed by atoms with Crippen LogP contribution in [0.5, 0.6) is 0 Å². The normalized spacial score (nSPS) is 15.9. The van der Waals surface area contributed by atoms with Crippen molar-refractivity contribution in [3.8, 4) is 11.8 Å². The van der Waals surface area contributed by atoms with Gasteiger partial charge in [0, 0.05) is 43.2 Å². The maximum Gasteiger partial charge on any atom is 0.226 e. The molecule has 1 fully saturated rings. The summed E-state index contributed by atoms with van der Waals surface area (Å²) in [6, 6.07) is 7.63. The topological polar surface area (TPSA) is 45.4 Å². The van der Waals surface area contributed by atoms with Crippen LogP contribution in [0.15, 0.2) is 28.8 Å². The van der Waals surface area contributed by atoms with Gasteiger partial charge in [-0.3, -0.25) is 9.80 Å². The van der Waals surface area contributed by atoms with Crippen LogP contribution < -0.4 is 0 Å². The average Bonchev–Trinajstić information content (AvgIpc) is 3.06. The summed E-state index contributed by atoms with van der Waals surface area (Å²) in [6.45, 7) is 7.58. The molecule has 2 aromatic rings. The molecule has 1 aromatic heterocycles. The molecule has 0 spiro atoms. The summed E-state index contributed by atoms with van der Waals surface area (Å²) in [7, 11) is 0. The fraction of sp³-hybridized carbons (Fsp3) is 0.444. The van der Waals surface area contributed by atoms with Gasteiger partial charge in [0.2, 0.25) is 5.89 Å². The number of hydrogen-bond donors (Lipinski definition) is 0. The van der Waals surface area contributed by atoms with Crippen molar-refractivity contribution in [2.75, 3.05) is 32.7 Å². The Morgan fingerprint density at radius 1 is 1.12 bits per heavy atom. The standard InChI is InChI=1S/C18H21ClN4O/c1-2-18-20-17(21-24-18)14-23-12-10-22(11-13-23)9-3-4-15-5-7-16(19)8-6-15/h5-8H,2,9-14H2,1H3. The first-order valence-corrected chi connectivity index (χ1v) is 8.61. The number of piperazine rings is 1. The zero-order valence-corrected chi connectivity index (χ0v) is 14.6. The molecular weight excluding hydrogens is 324 g/mol. The smallest absolute Gasteiger partial charge is 0.226 e.